The quantitative estimate of drug-likeness (QED) is 0.883. The number of benzene rings is 1. The van der Waals surface area contributed by atoms with E-state index >= 15 is 0 Å². The van der Waals surface area contributed by atoms with Crippen molar-refractivity contribution in [1.82, 2.24) is 10.3 Å². The number of nitrogens with one attached hydrogen (secondary N) is 2. The molecule has 0 aliphatic carbocycles. The van der Waals surface area contributed by atoms with Gasteiger partial charge in [-0.25, -0.2) is 8.42 Å². The van der Waals surface area contributed by atoms with Gasteiger partial charge in [0.1, 0.15) is 0 Å². The molecule has 0 bridgehead atoms. The molecule has 5 nitrogen and oxygen atoms in total. The maximum Gasteiger partial charge on any atom is 0.221 e. The van der Waals surface area contributed by atoms with E-state index in [1.165, 1.54) is 5.41 Å². The van der Waals surface area contributed by atoms with E-state index in [0.717, 1.165) is 22.9 Å². The molecule has 6 heteroatoms. The number of fused-ring (bicyclic) bond motifs is 1. The van der Waals surface area contributed by atoms with Gasteiger partial charge in [-0.15, -0.1) is 0 Å². The van der Waals surface area contributed by atoms with E-state index < -0.39 is 9.84 Å². The summed E-state index contributed by atoms with van der Waals surface area (Å²) in [5, 5.41) is 5.35. The van der Waals surface area contributed by atoms with Crippen LogP contribution in [0.3, 0.4) is 0 Å². The molecule has 0 fully saturated rings. The highest BCUT2D eigenvalue weighted by atomic mass is 32.2. The maximum absolute atomic E-state index is 12.3. The monoisotopic (exact) mass is 332 g/mol. The molecule has 3 rings (SSSR count). The third-order valence-corrected chi connectivity index (χ3v) is 5.65. The number of sulfone groups is 1. The van der Waals surface area contributed by atoms with Crippen LogP contribution in [0.15, 0.2) is 41.9 Å². The Morgan fingerprint density at radius 3 is 2.91 bits per heavy atom. The molecule has 2 aromatic rings. The van der Waals surface area contributed by atoms with Crippen molar-refractivity contribution in [3.63, 3.8) is 0 Å². The van der Waals surface area contributed by atoms with Crippen molar-refractivity contribution in [1.29, 1.82) is 0 Å². The predicted molar refractivity (Wildman–Crippen MR) is 90.5 cm³/mol. The molecule has 1 aliphatic heterocycles. The number of para-hydroxylation sites is 1. The summed E-state index contributed by atoms with van der Waals surface area (Å²) in [6.07, 6.45) is 4.47. The molecular formula is C17H20N2O3S. The Labute approximate surface area is 135 Å². The van der Waals surface area contributed by atoms with Gasteiger partial charge >= 0.3 is 0 Å². The minimum Gasteiger partial charge on any atom is -0.361 e. The van der Waals surface area contributed by atoms with Gasteiger partial charge in [0.2, 0.25) is 5.91 Å². The Balaban J connectivity index is 1.71. The molecule has 1 aromatic heterocycles. The van der Waals surface area contributed by atoms with E-state index in [2.05, 4.69) is 10.3 Å². The molecule has 0 saturated heterocycles. The molecule has 0 saturated carbocycles. The molecule has 0 radical (unpaired) electrons. The van der Waals surface area contributed by atoms with Crippen LogP contribution in [0.5, 0.6) is 0 Å². The molecule has 1 aromatic carbocycles. The second-order valence-electron chi connectivity index (χ2n) is 5.94. The van der Waals surface area contributed by atoms with Crippen LogP contribution in [0, 0.1) is 5.92 Å². The van der Waals surface area contributed by atoms with Gasteiger partial charge in [0.25, 0.3) is 0 Å². The van der Waals surface area contributed by atoms with Gasteiger partial charge in [-0.2, -0.15) is 0 Å². The summed E-state index contributed by atoms with van der Waals surface area (Å²) in [4.78, 5) is 15.5. The number of hydrogen-bond acceptors (Lipinski definition) is 3. The minimum atomic E-state index is -3.11. The third kappa shape index (κ3) is 3.47. The van der Waals surface area contributed by atoms with Crippen molar-refractivity contribution in [2.24, 2.45) is 5.92 Å². The summed E-state index contributed by atoms with van der Waals surface area (Å²) < 4.78 is 22.8. The lowest BCUT2D eigenvalue weighted by Gasteiger charge is -2.19. The van der Waals surface area contributed by atoms with Gasteiger partial charge in [-0.3, -0.25) is 4.79 Å². The Bertz CT molecular complexity index is 852. The van der Waals surface area contributed by atoms with Crippen LogP contribution in [-0.2, 0) is 14.6 Å². The van der Waals surface area contributed by atoms with Crippen molar-refractivity contribution in [3.8, 4) is 0 Å². The lowest BCUT2D eigenvalue weighted by atomic mass is 10.0. The molecule has 0 spiro atoms. The number of aromatic amines is 1. The van der Waals surface area contributed by atoms with Gasteiger partial charge in [-0.1, -0.05) is 31.2 Å². The number of carbonyl (C=O) groups excluding carboxylic acids is 1. The van der Waals surface area contributed by atoms with Gasteiger partial charge in [-0.05, 0) is 23.4 Å². The smallest absolute Gasteiger partial charge is 0.221 e. The van der Waals surface area contributed by atoms with Crippen LogP contribution < -0.4 is 5.32 Å². The Hall–Kier alpha value is -2.08. The average Bonchev–Trinajstić information content (AvgIpc) is 3.10. The average molecular weight is 332 g/mol. The predicted octanol–water partition coefficient (Wildman–Crippen LogP) is 2.68. The number of rotatable bonds is 5. The van der Waals surface area contributed by atoms with E-state index in [4.69, 9.17) is 0 Å². The summed E-state index contributed by atoms with van der Waals surface area (Å²) >= 11 is 0. The van der Waals surface area contributed by atoms with Crippen molar-refractivity contribution >= 4 is 26.6 Å². The van der Waals surface area contributed by atoms with Crippen molar-refractivity contribution in [2.45, 2.75) is 25.8 Å². The number of H-pyrrole nitrogens is 1. The van der Waals surface area contributed by atoms with E-state index in [1.54, 1.807) is 6.08 Å². The number of amides is 1. The highest BCUT2D eigenvalue weighted by Crippen LogP contribution is 2.26. The highest BCUT2D eigenvalue weighted by Gasteiger charge is 2.25. The fraction of sp³-hybridized carbons (Fsp3) is 0.353. The SMILES string of the molecule is CCC(NC(=O)CC1C=CS(=O)(=O)C1)c1cccc2cc[nH]c12. The van der Waals surface area contributed by atoms with Gasteiger partial charge < -0.3 is 10.3 Å². The fourth-order valence-electron chi connectivity index (χ4n) is 3.06. The van der Waals surface area contributed by atoms with Gasteiger partial charge in [0.15, 0.2) is 9.84 Å². The summed E-state index contributed by atoms with van der Waals surface area (Å²) in [6, 6.07) is 7.92. The normalized spacial score (nSPS) is 20.7. The zero-order valence-electron chi connectivity index (χ0n) is 13.0. The summed E-state index contributed by atoms with van der Waals surface area (Å²) in [5.41, 5.74) is 2.08. The van der Waals surface area contributed by atoms with E-state index in [-0.39, 0.29) is 30.0 Å². The first kappa shape index (κ1) is 15.8. The number of carbonyl (C=O) groups is 1. The standard InChI is InChI=1S/C17H20N2O3S/c1-2-15(14-5-3-4-13-6-8-18-17(13)14)19-16(20)10-12-7-9-23(21,22)11-12/h3-9,12,15,18H,2,10-11H2,1H3,(H,19,20). The van der Waals surface area contributed by atoms with Crippen LogP contribution in [0.25, 0.3) is 10.9 Å². The lowest BCUT2D eigenvalue weighted by molar-refractivity contribution is -0.122. The van der Waals surface area contributed by atoms with Crippen LogP contribution in [-0.4, -0.2) is 25.1 Å². The van der Waals surface area contributed by atoms with Crippen LogP contribution in [0.2, 0.25) is 0 Å². The van der Waals surface area contributed by atoms with Crippen LogP contribution >= 0.6 is 0 Å². The third-order valence-electron chi connectivity index (χ3n) is 4.19. The zero-order chi connectivity index (χ0) is 16.4. The molecule has 122 valence electrons. The molecule has 23 heavy (non-hydrogen) atoms. The largest absolute Gasteiger partial charge is 0.361 e. The first-order valence-corrected chi connectivity index (χ1v) is 9.46. The van der Waals surface area contributed by atoms with Crippen LogP contribution in [0.1, 0.15) is 31.4 Å². The molecule has 2 heterocycles. The molecular weight excluding hydrogens is 312 g/mol. The van der Waals surface area contributed by atoms with Crippen molar-refractivity contribution < 1.29 is 13.2 Å². The first-order valence-electron chi connectivity index (χ1n) is 7.75. The molecule has 2 N–H and O–H groups in total. The van der Waals surface area contributed by atoms with Gasteiger partial charge in [0, 0.05) is 23.9 Å². The molecule has 1 amide bonds. The van der Waals surface area contributed by atoms with Crippen molar-refractivity contribution in [2.75, 3.05) is 5.75 Å². The lowest BCUT2D eigenvalue weighted by Crippen LogP contribution is -2.30. The number of hydrogen-bond donors (Lipinski definition) is 2. The second kappa shape index (κ2) is 6.20. The van der Waals surface area contributed by atoms with E-state index in [0.29, 0.717) is 0 Å². The number of aromatic nitrogens is 1. The summed E-state index contributed by atoms with van der Waals surface area (Å²) in [5.74, 6) is -0.311. The summed E-state index contributed by atoms with van der Waals surface area (Å²) in [7, 11) is -3.11. The molecule has 2 unspecified atom stereocenters. The Kier molecular flexibility index (Phi) is 4.26. The van der Waals surface area contributed by atoms with Gasteiger partial charge in [0.05, 0.1) is 17.3 Å². The Morgan fingerprint density at radius 1 is 1.39 bits per heavy atom. The molecule has 2 atom stereocenters. The van der Waals surface area contributed by atoms with Crippen LogP contribution in [0.4, 0.5) is 0 Å². The van der Waals surface area contributed by atoms with E-state index in [9.17, 15) is 13.2 Å². The maximum atomic E-state index is 12.3. The Morgan fingerprint density at radius 2 is 2.22 bits per heavy atom. The van der Waals surface area contributed by atoms with E-state index in [1.807, 2.05) is 37.4 Å². The molecule has 1 aliphatic rings. The zero-order valence-corrected chi connectivity index (χ0v) is 13.8. The topological polar surface area (TPSA) is 79.0 Å². The second-order valence-corrected chi connectivity index (χ2v) is 7.87. The van der Waals surface area contributed by atoms with Crippen molar-refractivity contribution in [3.05, 3.63) is 47.5 Å². The minimum absolute atomic E-state index is 0.0312. The first-order chi connectivity index (χ1) is 11.0. The highest BCUT2D eigenvalue weighted by molar-refractivity contribution is 7.94. The number of allylic oxidation sites excluding steroid dienone is 1. The fourth-order valence-corrected chi connectivity index (χ4v) is 4.46. The summed E-state index contributed by atoms with van der Waals surface area (Å²) in [6.45, 7) is 2.02.